The van der Waals surface area contributed by atoms with Gasteiger partial charge in [0.2, 0.25) is 11.8 Å². The van der Waals surface area contributed by atoms with E-state index in [0.717, 1.165) is 20.9 Å². The molecular weight excluding hydrogens is 439 g/mol. The van der Waals surface area contributed by atoms with Crippen LogP contribution in [0.25, 0.3) is 16.5 Å². The van der Waals surface area contributed by atoms with Gasteiger partial charge in [0.1, 0.15) is 12.4 Å². The number of anilines is 2. The van der Waals surface area contributed by atoms with Gasteiger partial charge in [0.05, 0.1) is 0 Å². The molecule has 0 atom stereocenters. The summed E-state index contributed by atoms with van der Waals surface area (Å²) in [4.78, 5) is 26.4. The molecule has 166 valence electrons. The highest BCUT2D eigenvalue weighted by molar-refractivity contribution is 7.16. The molecule has 2 aromatic carbocycles. The van der Waals surface area contributed by atoms with Crippen molar-refractivity contribution in [2.75, 3.05) is 10.6 Å². The molecule has 33 heavy (non-hydrogen) atoms. The van der Waals surface area contributed by atoms with Crippen LogP contribution in [0.3, 0.4) is 0 Å². The van der Waals surface area contributed by atoms with E-state index in [1.807, 2.05) is 19.1 Å². The second kappa shape index (κ2) is 10.1. The van der Waals surface area contributed by atoms with Crippen molar-refractivity contribution in [2.45, 2.75) is 13.5 Å². The lowest BCUT2D eigenvalue weighted by molar-refractivity contribution is -0.117. The zero-order valence-corrected chi connectivity index (χ0v) is 18.6. The number of carbonyl (C=O) groups is 2. The van der Waals surface area contributed by atoms with Crippen molar-refractivity contribution in [1.29, 1.82) is 0 Å². The lowest BCUT2D eigenvalue weighted by Crippen LogP contribution is -2.19. The Hall–Kier alpha value is -4.04. The van der Waals surface area contributed by atoms with Crippen molar-refractivity contribution in [2.24, 2.45) is 0 Å². The number of aryl methyl sites for hydroxylation is 1. The third kappa shape index (κ3) is 6.02. The van der Waals surface area contributed by atoms with Crippen LogP contribution in [0.2, 0.25) is 0 Å². The molecule has 4 rings (SSSR count). The quantitative estimate of drug-likeness (QED) is 0.365. The number of rotatable bonds is 7. The van der Waals surface area contributed by atoms with E-state index in [9.17, 15) is 14.0 Å². The highest BCUT2D eigenvalue weighted by Crippen LogP contribution is 2.29. The Bertz CT molecular complexity index is 1290. The maximum atomic E-state index is 13.1. The Kier molecular flexibility index (Phi) is 6.75. The summed E-state index contributed by atoms with van der Waals surface area (Å²) in [5, 5.41) is 9.69. The van der Waals surface area contributed by atoms with E-state index in [-0.39, 0.29) is 24.2 Å². The van der Waals surface area contributed by atoms with Gasteiger partial charge >= 0.3 is 0 Å². The lowest BCUT2D eigenvalue weighted by Gasteiger charge is -2.10. The average molecular weight is 461 g/mol. The first-order valence-corrected chi connectivity index (χ1v) is 11.0. The number of thiophene rings is 1. The first kappa shape index (κ1) is 22.2. The summed E-state index contributed by atoms with van der Waals surface area (Å²) in [5.74, 6) is -0.717. The first-order valence-electron chi connectivity index (χ1n) is 10.2. The molecule has 2 N–H and O–H groups in total. The van der Waals surface area contributed by atoms with Crippen LogP contribution in [0.4, 0.5) is 15.8 Å². The maximum absolute atomic E-state index is 13.1. The molecule has 2 aromatic heterocycles. The molecule has 0 spiro atoms. The van der Waals surface area contributed by atoms with Gasteiger partial charge in [-0.1, -0.05) is 12.1 Å². The minimum absolute atomic E-state index is 0.126. The molecule has 6 nitrogen and oxygen atoms in total. The van der Waals surface area contributed by atoms with Gasteiger partial charge in [-0.25, -0.2) is 4.39 Å². The molecule has 2 heterocycles. The Labute approximate surface area is 194 Å². The molecule has 8 heteroatoms. The summed E-state index contributed by atoms with van der Waals surface area (Å²) in [7, 11) is 0. The zero-order chi connectivity index (χ0) is 23.2. The lowest BCUT2D eigenvalue weighted by atomic mass is 10.1. The zero-order valence-electron chi connectivity index (χ0n) is 17.8. The molecule has 0 fully saturated rings. The smallest absolute Gasteiger partial charge is 0.248 e. The molecule has 0 aliphatic carbocycles. The minimum Gasteiger partial charge on any atom is -0.324 e. The summed E-state index contributed by atoms with van der Waals surface area (Å²) < 4.78 is 14.6. The number of nitrogens with one attached hydrogen (secondary N) is 2. The number of nitrogens with zero attached hydrogens (tertiary/aromatic N) is 2. The molecule has 0 aliphatic heterocycles. The number of hydrogen-bond donors (Lipinski definition) is 2. The van der Waals surface area contributed by atoms with Gasteiger partial charge in [0.15, 0.2) is 0 Å². The van der Waals surface area contributed by atoms with Gasteiger partial charge < -0.3 is 10.6 Å². The van der Waals surface area contributed by atoms with Gasteiger partial charge in [-0.15, -0.1) is 11.3 Å². The van der Waals surface area contributed by atoms with Crippen LogP contribution in [0, 0.1) is 12.7 Å². The number of halogens is 1. The fourth-order valence-corrected chi connectivity index (χ4v) is 4.08. The maximum Gasteiger partial charge on any atom is 0.248 e. The van der Waals surface area contributed by atoms with Crippen molar-refractivity contribution in [3.8, 4) is 10.4 Å². The Morgan fingerprint density at radius 1 is 1.09 bits per heavy atom. The van der Waals surface area contributed by atoms with Crippen molar-refractivity contribution in [3.63, 3.8) is 0 Å². The minimum atomic E-state index is -0.271. The monoisotopic (exact) mass is 460 g/mol. The van der Waals surface area contributed by atoms with Crippen LogP contribution in [0.1, 0.15) is 10.4 Å². The Morgan fingerprint density at radius 2 is 1.91 bits per heavy atom. The second-order valence-electron chi connectivity index (χ2n) is 7.31. The molecule has 0 radical (unpaired) electrons. The van der Waals surface area contributed by atoms with Gasteiger partial charge in [0, 0.05) is 39.6 Å². The molecule has 0 saturated heterocycles. The fourth-order valence-electron chi connectivity index (χ4n) is 3.17. The topological polar surface area (TPSA) is 76.0 Å². The highest BCUT2D eigenvalue weighted by Gasteiger charge is 2.08. The van der Waals surface area contributed by atoms with Gasteiger partial charge in [0.25, 0.3) is 0 Å². The van der Waals surface area contributed by atoms with Crippen molar-refractivity contribution >= 4 is 40.6 Å². The third-order valence-electron chi connectivity index (χ3n) is 4.79. The van der Waals surface area contributed by atoms with E-state index < -0.39 is 0 Å². The van der Waals surface area contributed by atoms with Crippen LogP contribution in [-0.2, 0) is 16.1 Å². The first-order chi connectivity index (χ1) is 16.0. The number of carbonyl (C=O) groups excluding carboxylic acids is 2. The van der Waals surface area contributed by atoms with E-state index in [4.69, 9.17) is 0 Å². The van der Waals surface area contributed by atoms with Crippen molar-refractivity contribution in [1.82, 2.24) is 9.78 Å². The van der Waals surface area contributed by atoms with Crippen LogP contribution in [0.5, 0.6) is 0 Å². The molecule has 0 unspecified atom stereocenters. The van der Waals surface area contributed by atoms with Gasteiger partial charge in [-0.2, -0.15) is 5.10 Å². The van der Waals surface area contributed by atoms with E-state index in [1.54, 1.807) is 59.5 Å². The second-order valence-corrected chi connectivity index (χ2v) is 8.43. The Morgan fingerprint density at radius 3 is 2.64 bits per heavy atom. The fraction of sp³-hybridized carbons (Fsp3) is 0.0800. The molecule has 2 amide bonds. The number of hydrogen-bond acceptors (Lipinski definition) is 4. The number of benzene rings is 2. The molecular formula is C25H21FN4O2S. The summed E-state index contributed by atoms with van der Waals surface area (Å²) in [6, 6.07) is 17.2. The predicted molar refractivity (Wildman–Crippen MR) is 129 cm³/mol. The molecule has 0 bridgehead atoms. The van der Waals surface area contributed by atoms with Crippen LogP contribution >= 0.6 is 11.3 Å². The Balaban J connectivity index is 1.33. The predicted octanol–water partition coefficient (Wildman–Crippen LogP) is 5.35. The SMILES string of the molecule is Cc1cc(NC(=O)C=Cc2ccc(-c3ccc(F)cc3)s2)ccc1NC(=O)Cn1cccn1. The standard InChI is InChI=1S/C25H21FN4O2S/c1-17-15-20(7-10-22(17)29-25(32)16-30-14-2-13-27-30)28-24(31)12-9-21-8-11-23(33-21)18-3-5-19(26)6-4-18/h2-15H,16H2,1H3,(H,28,31)(H,29,32). The number of amides is 2. The van der Waals surface area contributed by atoms with E-state index in [1.165, 1.54) is 29.5 Å². The summed E-state index contributed by atoms with van der Waals surface area (Å²) in [5.41, 5.74) is 3.06. The highest BCUT2D eigenvalue weighted by atomic mass is 32.1. The van der Waals surface area contributed by atoms with E-state index in [2.05, 4.69) is 15.7 Å². The molecule has 4 aromatic rings. The summed E-state index contributed by atoms with van der Waals surface area (Å²) in [6.07, 6.45) is 6.55. The largest absolute Gasteiger partial charge is 0.324 e. The van der Waals surface area contributed by atoms with Gasteiger partial charge in [-0.05, 0) is 72.7 Å². The van der Waals surface area contributed by atoms with Crippen molar-refractivity contribution in [3.05, 3.63) is 95.4 Å². The van der Waals surface area contributed by atoms with Crippen molar-refractivity contribution < 1.29 is 14.0 Å². The molecule has 0 saturated carbocycles. The van der Waals surface area contributed by atoms with Crippen LogP contribution < -0.4 is 10.6 Å². The van der Waals surface area contributed by atoms with E-state index >= 15 is 0 Å². The van der Waals surface area contributed by atoms with Crippen LogP contribution in [0.15, 0.2) is 79.1 Å². The summed E-state index contributed by atoms with van der Waals surface area (Å²) in [6.45, 7) is 1.99. The number of aromatic nitrogens is 2. The third-order valence-corrected chi connectivity index (χ3v) is 5.89. The van der Waals surface area contributed by atoms with E-state index in [0.29, 0.717) is 11.4 Å². The summed E-state index contributed by atoms with van der Waals surface area (Å²) >= 11 is 1.52. The molecule has 0 aliphatic rings. The van der Waals surface area contributed by atoms with Crippen LogP contribution in [-0.4, -0.2) is 21.6 Å². The average Bonchev–Trinajstić information content (AvgIpc) is 3.47. The normalized spacial score (nSPS) is 11.0. The van der Waals surface area contributed by atoms with Gasteiger partial charge in [-0.3, -0.25) is 14.3 Å².